The second-order valence-electron chi connectivity index (χ2n) is 10.6. The highest BCUT2D eigenvalue weighted by atomic mass is 14.6. The van der Waals surface area contributed by atoms with E-state index in [2.05, 4.69) is 72.8 Å². The van der Waals surface area contributed by atoms with Crippen molar-refractivity contribution in [3.05, 3.63) is 62.8 Å². The van der Waals surface area contributed by atoms with Gasteiger partial charge in [0.2, 0.25) is 0 Å². The van der Waals surface area contributed by atoms with Gasteiger partial charge >= 0.3 is 0 Å². The van der Waals surface area contributed by atoms with Crippen LogP contribution >= 0.6 is 0 Å². The predicted octanol–water partition coefficient (Wildman–Crippen LogP) is 8.74. The Labute approximate surface area is 185 Å². The minimum absolute atomic E-state index is 0.0987. The molecule has 0 spiro atoms. The summed E-state index contributed by atoms with van der Waals surface area (Å²) >= 11 is 0. The number of allylic oxidation sites excluding steroid dienone is 5. The van der Waals surface area contributed by atoms with Crippen molar-refractivity contribution in [1.82, 2.24) is 0 Å². The van der Waals surface area contributed by atoms with E-state index in [9.17, 15) is 0 Å². The molecule has 1 unspecified atom stereocenters. The molecule has 3 aliphatic rings. The first kappa shape index (κ1) is 21.7. The molecule has 162 valence electrons. The van der Waals surface area contributed by atoms with Crippen molar-refractivity contribution in [2.45, 2.75) is 105 Å². The molecule has 0 heterocycles. The Morgan fingerprint density at radius 1 is 0.900 bits per heavy atom. The maximum Gasteiger partial charge on any atom is 0.0281 e. The lowest BCUT2D eigenvalue weighted by molar-refractivity contribution is 0.169. The highest BCUT2D eigenvalue weighted by molar-refractivity contribution is 5.73. The molecular weight excluding hydrogens is 360 g/mol. The zero-order valence-corrected chi connectivity index (χ0v) is 20.5. The summed E-state index contributed by atoms with van der Waals surface area (Å²) in [5.41, 5.74) is 13.1. The average Bonchev–Trinajstić information content (AvgIpc) is 3.20. The van der Waals surface area contributed by atoms with Gasteiger partial charge in [-0.3, -0.25) is 0 Å². The van der Waals surface area contributed by atoms with E-state index < -0.39 is 0 Å². The smallest absolute Gasteiger partial charge is 0.0281 e. The van der Waals surface area contributed by atoms with Gasteiger partial charge in [-0.2, -0.15) is 0 Å². The molecule has 1 aromatic rings. The van der Waals surface area contributed by atoms with E-state index in [0.717, 1.165) is 0 Å². The molecule has 4 rings (SSSR count). The monoisotopic (exact) mass is 402 g/mol. The fourth-order valence-corrected chi connectivity index (χ4v) is 7.70. The first-order chi connectivity index (χ1) is 14.3. The number of rotatable bonds is 6. The summed E-state index contributed by atoms with van der Waals surface area (Å²) in [6.45, 7) is 17.0. The highest BCUT2D eigenvalue weighted by Gasteiger charge is 2.59. The predicted molar refractivity (Wildman–Crippen MR) is 132 cm³/mol. The third kappa shape index (κ3) is 2.71. The third-order valence-electron chi connectivity index (χ3n) is 9.17. The van der Waals surface area contributed by atoms with Crippen molar-refractivity contribution < 1.29 is 0 Å². The summed E-state index contributed by atoms with van der Waals surface area (Å²) in [4.78, 5) is 0. The summed E-state index contributed by atoms with van der Waals surface area (Å²) in [6.07, 6.45) is 15.6. The van der Waals surface area contributed by atoms with Gasteiger partial charge in [-0.15, -0.1) is 0 Å². The van der Waals surface area contributed by atoms with Crippen LogP contribution in [0.15, 0.2) is 40.5 Å². The van der Waals surface area contributed by atoms with Crippen LogP contribution in [0.4, 0.5) is 0 Å². The van der Waals surface area contributed by atoms with Crippen LogP contribution in [0, 0.1) is 11.3 Å². The number of hydrogen-bond acceptors (Lipinski definition) is 0. The lowest BCUT2D eigenvalue weighted by Gasteiger charge is -2.53. The van der Waals surface area contributed by atoms with Gasteiger partial charge in [0, 0.05) is 10.8 Å². The average molecular weight is 403 g/mol. The van der Waals surface area contributed by atoms with E-state index in [1.807, 2.05) is 0 Å². The molecule has 0 nitrogen and oxygen atoms in total. The van der Waals surface area contributed by atoms with Crippen LogP contribution in [0.2, 0.25) is 0 Å². The lowest BCUT2D eigenvalue weighted by Crippen LogP contribution is -2.49. The summed E-state index contributed by atoms with van der Waals surface area (Å²) < 4.78 is 0. The van der Waals surface area contributed by atoms with E-state index in [4.69, 9.17) is 0 Å². The zero-order chi connectivity index (χ0) is 21.7. The number of fused-ring (bicyclic) bond motifs is 3. The van der Waals surface area contributed by atoms with Crippen molar-refractivity contribution in [1.29, 1.82) is 0 Å². The van der Waals surface area contributed by atoms with Gasteiger partial charge in [0.15, 0.2) is 0 Å². The normalized spacial score (nSPS) is 24.8. The summed E-state index contributed by atoms with van der Waals surface area (Å²) in [5.74, 6) is 0.571. The molecule has 0 aliphatic heterocycles. The van der Waals surface area contributed by atoms with Crippen molar-refractivity contribution in [2.24, 2.45) is 11.3 Å². The molecule has 1 aromatic carbocycles. The van der Waals surface area contributed by atoms with Gasteiger partial charge in [-0.05, 0) is 99.1 Å². The molecule has 30 heavy (non-hydrogen) atoms. The molecule has 0 fully saturated rings. The van der Waals surface area contributed by atoms with Gasteiger partial charge in [0.05, 0.1) is 0 Å². The molecule has 0 bridgehead atoms. The minimum Gasteiger partial charge on any atom is -0.0721 e. The molecule has 0 radical (unpaired) electrons. The minimum atomic E-state index is 0.0987. The van der Waals surface area contributed by atoms with Crippen LogP contribution in [0.1, 0.15) is 109 Å². The van der Waals surface area contributed by atoms with Crippen molar-refractivity contribution >= 4 is 6.08 Å². The maximum atomic E-state index is 2.67. The quantitative estimate of drug-likeness (QED) is 0.417. The number of aryl methyl sites for hydroxylation is 1. The van der Waals surface area contributed by atoms with Gasteiger partial charge in [-0.1, -0.05) is 75.5 Å². The zero-order valence-electron chi connectivity index (χ0n) is 20.5. The van der Waals surface area contributed by atoms with Crippen LogP contribution < -0.4 is 0 Å². The Morgan fingerprint density at radius 3 is 2.20 bits per heavy atom. The molecule has 0 aromatic heterocycles. The van der Waals surface area contributed by atoms with Crippen LogP contribution in [0.25, 0.3) is 6.08 Å². The SMILES string of the molecule is CCCCCC1(C2(C(C)C)C(C)=C(C)C(C)=C2C)C=Cc2ccc3c(c21)CCCC3. The van der Waals surface area contributed by atoms with Gasteiger partial charge in [0.25, 0.3) is 0 Å². The summed E-state index contributed by atoms with van der Waals surface area (Å²) in [6, 6.07) is 4.89. The van der Waals surface area contributed by atoms with Gasteiger partial charge in [0.1, 0.15) is 0 Å². The Hall–Kier alpha value is -1.56. The maximum absolute atomic E-state index is 2.67. The Balaban J connectivity index is 2.04. The first-order valence-corrected chi connectivity index (χ1v) is 12.5. The van der Waals surface area contributed by atoms with E-state index in [-0.39, 0.29) is 10.8 Å². The highest BCUT2D eigenvalue weighted by Crippen LogP contribution is 2.66. The molecule has 3 aliphatic carbocycles. The number of hydrogen-bond donors (Lipinski definition) is 0. The fourth-order valence-electron chi connectivity index (χ4n) is 7.70. The van der Waals surface area contributed by atoms with Crippen LogP contribution in [0.3, 0.4) is 0 Å². The Kier molecular flexibility index (Phi) is 5.67. The van der Waals surface area contributed by atoms with Crippen molar-refractivity contribution in [3.63, 3.8) is 0 Å². The van der Waals surface area contributed by atoms with Gasteiger partial charge < -0.3 is 0 Å². The summed E-state index contributed by atoms with van der Waals surface area (Å²) in [5, 5.41) is 0. The van der Waals surface area contributed by atoms with Crippen LogP contribution in [-0.2, 0) is 18.3 Å². The largest absolute Gasteiger partial charge is 0.0721 e. The second kappa shape index (κ2) is 7.85. The molecule has 0 saturated carbocycles. The van der Waals surface area contributed by atoms with E-state index in [1.54, 1.807) is 39.0 Å². The molecule has 0 N–H and O–H groups in total. The molecule has 0 amide bonds. The second-order valence-corrected chi connectivity index (χ2v) is 10.6. The van der Waals surface area contributed by atoms with E-state index >= 15 is 0 Å². The molecule has 1 atom stereocenters. The van der Waals surface area contributed by atoms with Crippen LogP contribution in [0.5, 0.6) is 0 Å². The standard InChI is InChI=1S/C30H42/c1-8-9-12-18-29(30(20(2)3)23(6)21(4)22(5)24(30)7)19-17-26-16-15-25-13-10-11-14-27(25)28(26)29/h15-17,19-20H,8-14,18H2,1-7H3. The van der Waals surface area contributed by atoms with Gasteiger partial charge in [-0.25, -0.2) is 0 Å². The van der Waals surface area contributed by atoms with E-state index in [1.165, 1.54) is 56.9 Å². The van der Waals surface area contributed by atoms with Crippen molar-refractivity contribution in [2.75, 3.05) is 0 Å². The molecular formula is C30H42. The first-order valence-electron chi connectivity index (χ1n) is 12.5. The number of benzene rings is 1. The molecule has 0 heteroatoms. The van der Waals surface area contributed by atoms with Crippen molar-refractivity contribution in [3.8, 4) is 0 Å². The van der Waals surface area contributed by atoms with Crippen LogP contribution in [-0.4, -0.2) is 0 Å². The topological polar surface area (TPSA) is 0 Å². The molecule has 0 saturated heterocycles. The fraction of sp³-hybridized carbons (Fsp3) is 0.600. The summed E-state index contributed by atoms with van der Waals surface area (Å²) in [7, 11) is 0. The Bertz CT molecular complexity index is 909. The van der Waals surface area contributed by atoms with E-state index in [0.29, 0.717) is 5.92 Å². The lowest BCUT2D eigenvalue weighted by atomic mass is 9.49. The Morgan fingerprint density at radius 2 is 1.57 bits per heavy atom. The third-order valence-corrected chi connectivity index (χ3v) is 9.17. The number of unbranched alkanes of at least 4 members (excludes halogenated alkanes) is 2.